The van der Waals surface area contributed by atoms with E-state index < -0.39 is 5.51 Å². The predicted octanol–water partition coefficient (Wildman–Crippen LogP) is 4.29. The maximum atomic E-state index is 12.1. The zero-order chi connectivity index (χ0) is 11.6. The van der Waals surface area contributed by atoms with Crippen LogP contribution in [0.4, 0.5) is 13.2 Å². The molecule has 2 rings (SSSR count). The average Bonchev–Trinajstić information content (AvgIpc) is 2.65. The minimum Gasteiger partial charge on any atom is -0.349 e. The summed E-state index contributed by atoms with van der Waals surface area (Å²) < 4.78 is 36.3. The van der Waals surface area contributed by atoms with Crippen molar-refractivity contribution in [3.63, 3.8) is 0 Å². The fourth-order valence-corrected chi connectivity index (χ4v) is 1.89. The molecule has 0 unspecified atom stereocenters. The van der Waals surface area contributed by atoms with E-state index in [2.05, 4.69) is 4.98 Å². The number of rotatable bonds is 2. The van der Waals surface area contributed by atoms with Crippen LogP contribution in [0, 0.1) is 0 Å². The van der Waals surface area contributed by atoms with Crippen LogP contribution in [0.1, 0.15) is 0 Å². The van der Waals surface area contributed by atoms with Crippen molar-refractivity contribution in [2.24, 2.45) is 0 Å². The third-order valence-electron chi connectivity index (χ3n) is 1.97. The van der Waals surface area contributed by atoms with Gasteiger partial charge in [-0.1, -0.05) is 30.3 Å². The van der Waals surface area contributed by atoms with E-state index >= 15 is 0 Å². The molecule has 0 saturated carbocycles. The van der Waals surface area contributed by atoms with E-state index in [-0.39, 0.29) is 16.8 Å². The zero-order valence-corrected chi connectivity index (χ0v) is 8.90. The molecule has 0 aliphatic rings. The zero-order valence-electron chi connectivity index (χ0n) is 8.08. The highest BCUT2D eigenvalue weighted by atomic mass is 32.2. The van der Waals surface area contributed by atoms with Crippen molar-refractivity contribution in [3.8, 4) is 11.3 Å². The highest BCUT2D eigenvalue weighted by Gasteiger charge is 2.29. The molecular formula is C11H8F3NS. The van der Waals surface area contributed by atoms with E-state index in [0.717, 1.165) is 5.56 Å². The highest BCUT2D eigenvalue weighted by Crippen LogP contribution is 2.37. The van der Waals surface area contributed by atoms with Crippen molar-refractivity contribution < 1.29 is 13.2 Å². The molecule has 0 spiro atoms. The minimum atomic E-state index is -4.25. The van der Waals surface area contributed by atoms with Crippen molar-refractivity contribution in [3.05, 3.63) is 42.5 Å². The van der Waals surface area contributed by atoms with Gasteiger partial charge in [0.2, 0.25) is 0 Å². The summed E-state index contributed by atoms with van der Waals surface area (Å²) in [7, 11) is 0. The molecular weight excluding hydrogens is 235 g/mol. The molecule has 0 aliphatic carbocycles. The highest BCUT2D eigenvalue weighted by molar-refractivity contribution is 8.00. The number of aromatic amines is 1. The van der Waals surface area contributed by atoms with Crippen molar-refractivity contribution in [1.82, 2.24) is 4.98 Å². The molecule has 1 aromatic heterocycles. The van der Waals surface area contributed by atoms with Crippen LogP contribution in [0.25, 0.3) is 11.3 Å². The van der Waals surface area contributed by atoms with Gasteiger partial charge in [-0.15, -0.1) is 0 Å². The lowest BCUT2D eigenvalue weighted by Gasteiger charge is -2.02. The number of hydrogen-bond donors (Lipinski definition) is 1. The van der Waals surface area contributed by atoms with Gasteiger partial charge in [0.1, 0.15) is 0 Å². The second-order valence-corrected chi connectivity index (χ2v) is 4.26. The number of hydrogen-bond acceptors (Lipinski definition) is 1. The van der Waals surface area contributed by atoms with Crippen LogP contribution >= 0.6 is 11.8 Å². The van der Waals surface area contributed by atoms with E-state index in [9.17, 15) is 13.2 Å². The number of alkyl halides is 3. The Bertz CT molecular complexity index is 462. The fourth-order valence-electron chi connectivity index (χ4n) is 1.35. The number of thioether (sulfide) groups is 1. The van der Waals surface area contributed by atoms with Gasteiger partial charge < -0.3 is 4.98 Å². The Morgan fingerprint density at radius 3 is 2.25 bits per heavy atom. The maximum absolute atomic E-state index is 12.1. The van der Waals surface area contributed by atoms with Crippen LogP contribution in [-0.2, 0) is 0 Å². The van der Waals surface area contributed by atoms with Crippen LogP contribution in [0.5, 0.6) is 0 Å². The Hall–Kier alpha value is -1.36. The van der Waals surface area contributed by atoms with Gasteiger partial charge in [-0.05, 0) is 17.7 Å². The van der Waals surface area contributed by atoms with Crippen LogP contribution in [0.2, 0.25) is 0 Å². The van der Waals surface area contributed by atoms with Gasteiger partial charge in [0, 0.05) is 17.5 Å². The lowest BCUT2D eigenvalue weighted by molar-refractivity contribution is -0.0329. The molecule has 16 heavy (non-hydrogen) atoms. The largest absolute Gasteiger partial charge is 0.447 e. The molecule has 0 amide bonds. The quantitative estimate of drug-likeness (QED) is 0.778. The molecule has 1 heterocycles. The van der Waals surface area contributed by atoms with Gasteiger partial charge in [0.15, 0.2) is 0 Å². The summed E-state index contributed by atoms with van der Waals surface area (Å²) in [5.41, 5.74) is -2.69. The van der Waals surface area contributed by atoms with E-state index in [0.29, 0.717) is 5.69 Å². The second kappa shape index (κ2) is 4.25. The SMILES string of the molecule is FC(F)(F)Sc1ccc(-c2ccccc2)[nH]1. The topological polar surface area (TPSA) is 15.8 Å². The number of nitrogens with one attached hydrogen (secondary N) is 1. The Labute approximate surface area is 94.7 Å². The lowest BCUT2D eigenvalue weighted by Crippen LogP contribution is -1.98. The third kappa shape index (κ3) is 2.82. The van der Waals surface area contributed by atoms with Gasteiger partial charge >= 0.3 is 5.51 Å². The molecule has 0 radical (unpaired) electrons. The molecule has 0 atom stereocenters. The first-order valence-electron chi connectivity index (χ1n) is 4.55. The molecule has 1 N–H and O–H groups in total. The minimum absolute atomic E-state index is 0.103. The summed E-state index contributed by atoms with van der Waals surface area (Å²) in [5.74, 6) is 0. The number of halogens is 3. The molecule has 84 valence electrons. The average molecular weight is 243 g/mol. The Balaban J connectivity index is 2.21. The van der Waals surface area contributed by atoms with Crippen LogP contribution < -0.4 is 0 Å². The van der Waals surface area contributed by atoms with Gasteiger partial charge in [0.05, 0.1) is 5.03 Å². The Morgan fingerprint density at radius 2 is 1.62 bits per heavy atom. The van der Waals surface area contributed by atoms with Crippen LogP contribution in [-0.4, -0.2) is 10.5 Å². The van der Waals surface area contributed by atoms with Gasteiger partial charge in [-0.2, -0.15) is 13.2 Å². The third-order valence-corrected chi connectivity index (χ3v) is 2.66. The van der Waals surface area contributed by atoms with Crippen molar-refractivity contribution in [1.29, 1.82) is 0 Å². The monoisotopic (exact) mass is 243 g/mol. The summed E-state index contributed by atoms with van der Waals surface area (Å²) >= 11 is -0.139. The molecule has 0 fully saturated rings. The normalized spacial score (nSPS) is 11.7. The molecule has 0 aliphatic heterocycles. The number of benzene rings is 1. The van der Waals surface area contributed by atoms with Gasteiger partial charge in [-0.25, -0.2) is 0 Å². The summed E-state index contributed by atoms with van der Waals surface area (Å²) in [5, 5.41) is 0.103. The Morgan fingerprint density at radius 1 is 0.938 bits per heavy atom. The molecule has 1 aromatic carbocycles. The summed E-state index contributed by atoms with van der Waals surface area (Å²) in [6.45, 7) is 0. The van der Waals surface area contributed by atoms with Crippen LogP contribution in [0.15, 0.2) is 47.5 Å². The molecule has 0 saturated heterocycles. The van der Waals surface area contributed by atoms with Crippen molar-refractivity contribution in [2.45, 2.75) is 10.5 Å². The summed E-state index contributed by atoms with van der Waals surface area (Å²) in [6, 6.07) is 12.3. The maximum Gasteiger partial charge on any atom is 0.447 e. The smallest absolute Gasteiger partial charge is 0.349 e. The molecule has 2 aromatic rings. The van der Waals surface area contributed by atoms with Gasteiger partial charge in [-0.3, -0.25) is 0 Å². The standard InChI is InChI=1S/C11H8F3NS/c12-11(13,14)16-10-7-6-9(15-10)8-4-2-1-3-5-8/h1-7,15H. The van der Waals surface area contributed by atoms with E-state index in [1.54, 1.807) is 6.07 Å². The molecule has 5 heteroatoms. The lowest BCUT2D eigenvalue weighted by atomic mass is 10.2. The van der Waals surface area contributed by atoms with Crippen molar-refractivity contribution >= 4 is 11.8 Å². The summed E-state index contributed by atoms with van der Waals surface area (Å²) in [6.07, 6.45) is 0. The van der Waals surface area contributed by atoms with E-state index in [1.165, 1.54) is 6.07 Å². The first-order chi connectivity index (χ1) is 7.54. The molecule has 1 nitrogen and oxygen atoms in total. The number of aromatic nitrogens is 1. The number of H-pyrrole nitrogens is 1. The molecule has 0 bridgehead atoms. The Kier molecular flexibility index (Phi) is 2.96. The predicted molar refractivity (Wildman–Crippen MR) is 58.1 cm³/mol. The van der Waals surface area contributed by atoms with E-state index in [1.807, 2.05) is 30.3 Å². The van der Waals surface area contributed by atoms with Gasteiger partial charge in [0.25, 0.3) is 0 Å². The summed E-state index contributed by atoms with van der Waals surface area (Å²) in [4.78, 5) is 2.73. The second-order valence-electron chi connectivity index (χ2n) is 3.15. The fraction of sp³-hybridized carbons (Fsp3) is 0.0909. The first kappa shape index (κ1) is 11.1. The van der Waals surface area contributed by atoms with Crippen molar-refractivity contribution in [2.75, 3.05) is 0 Å². The first-order valence-corrected chi connectivity index (χ1v) is 5.36. The van der Waals surface area contributed by atoms with Crippen LogP contribution in [0.3, 0.4) is 0 Å². The van der Waals surface area contributed by atoms with E-state index in [4.69, 9.17) is 0 Å².